The summed E-state index contributed by atoms with van der Waals surface area (Å²) in [6.45, 7) is 0. The van der Waals surface area contributed by atoms with Gasteiger partial charge in [-0.05, 0) is 29.8 Å². The van der Waals surface area contributed by atoms with Crippen molar-refractivity contribution >= 4 is 17.2 Å². The largest absolute Gasteiger partial charge is 0.338 e. The summed E-state index contributed by atoms with van der Waals surface area (Å²) in [5.41, 5.74) is 3.45. The number of imidazole rings is 1. The van der Waals surface area contributed by atoms with Crippen LogP contribution in [0.25, 0.3) is 22.6 Å². The van der Waals surface area contributed by atoms with Gasteiger partial charge < -0.3 is 4.98 Å². The molecule has 0 aliphatic carbocycles. The average molecular weight is 310 g/mol. The number of nitrogens with zero attached hydrogens (tertiary/aromatic N) is 2. The van der Waals surface area contributed by atoms with Crippen molar-refractivity contribution in [1.82, 2.24) is 14.2 Å². The molecule has 0 atom stereocenters. The van der Waals surface area contributed by atoms with E-state index in [0.717, 1.165) is 22.6 Å². The van der Waals surface area contributed by atoms with E-state index >= 15 is 0 Å². The number of H-pyrrole nitrogens is 1. The maximum absolute atomic E-state index is 12.2. The molecule has 0 saturated heterocycles. The number of aromatic nitrogens is 3. The third-order valence-electron chi connectivity index (χ3n) is 3.60. The molecule has 0 aliphatic rings. The van der Waals surface area contributed by atoms with E-state index in [9.17, 15) is 4.79 Å². The summed E-state index contributed by atoms with van der Waals surface area (Å²) in [7, 11) is 0. The lowest BCUT2D eigenvalue weighted by Crippen LogP contribution is -2.16. The van der Waals surface area contributed by atoms with Crippen LogP contribution < -0.4 is 5.56 Å². The highest BCUT2D eigenvalue weighted by molar-refractivity contribution is 6.30. The molecular formula is C17H12ClN3O. The molecule has 4 aromatic rings. The molecule has 0 fully saturated rings. The van der Waals surface area contributed by atoms with Crippen LogP contribution in [0.4, 0.5) is 0 Å². The molecule has 2 aromatic heterocycles. The van der Waals surface area contributed by atoms with Gasteiger partial charge in [-0.15, -0.1) is 0 Å². The SMILES string of the molecule is O=c1cc2[nH]c(-c3ccc(Cl)cc3)cn2n1-c1ccccc1. The van der Waals surface area contributed by atoms with Crippen molar-refractivity contribution in [2.45, 2.75) is 0 Å². The molecule has 4 rings (SSSR count). The van der Waals surface area contributed by atoms with Crippen molar-refractivity contribution in [2.24, 2.45) is 0 Å². The minimum atomic E-state index is -0.0693. The fourth-order valence-corrected chi connectivity index (χ4v) is 2.69. The van der Waals surface area contributed by atoms with E-state index in [1.165, 1.54) is 0 Å². The Kier molecular flexibility index (Phi) is 2.91. The predicted octanol–water partition coefficient (Wildman–Crippen LogP) is 3.74. The highest BCUT2D eigenvalue weighted by Crippen LogP contribution is 2.21. The van der Waals surface area contributed by atoms with Crippen molar-refractivity contribution in [3.05, 3.63) is 82.2 Å². The van der Waals surface area contributed by atoms with Gasteiger partial charge in [-0.2, -0.15) is 0 Å². The Bertz CT molecular complexity index is 994. The third-order valence-corrected chi connectivity index (χ3v) is 3.85. The Hall–Kier alpha value is -2.72. The predicted molar refractivity (Wildman–Crippen MR) is 87.8 cm³/mol. The van der Waals surface area contributed by atoms with Crippen molar-refractivity contribution in [2.75, 3.05) is 0 Å². The minimum absolute atomic E-state index is 0.0693. The molecule has 22 heavy (non-hydrogen) atoms. The van der Waals surface area contributed by atoms with Crippen LogP contribution in [0.15, 0.2) is 71.7 Å². The van der Waals surface area contributed by atoms with Crippen LogP contribution in [0, 0.1) is 0 Å². The Morgan fingerprint density at radius 2 is 1.68 bits per heavy atom. The summed E-state index contributed by atoms with van der Waals surface area (Å²) >= 11 is 5.92. The number of nitrogens with one attached hydrogen (secondary N) is 1. The summed E-state index contributed by atoms with van der Waals surface area (Å²) in [5, 5.41) is 0.697. The molecule has 0 aliphatic heterocycles. The highest BCUT2D eigenvalue weighted by atomic mass is 35.5. The maximum Gasteiger partial charge on any atom is 0.273 e. The van der Waals surface area contributed by atoms with E-state index in [1.807, 2.05) is 65.3 Å². The highest BCUT2D eigenvalue weighted by Gasteiger charge is 2.11. The zero-order valence-electron chi connectivity index (χ0n) is 11.5. The van der Waals surface area contributed by atoms with Crippen LogP contribution in [0.5, 0.6) is 0 Å². The molecule has 0 bridgehead atoms. The molecule has 4 nitrogen and oxygen atoms in total. The standard InChI is InChI=1S/C17H12ClN3O/c18-13-8-6-12(7-9-13)15-11-20-16(19-15)10-17(22)21(20)14-4-2-1-3-5-14/h1-11,19H. The Morgan fingerprint density at radius 1 is 0.955 bits per heavy atom. The molecule has 0 radical (unpaired) electrons. The first kappa shape index (κ1) is 13.0. The molecule has 0 saturated carbocycles. The number of aromatic amines is 1. The quantitative estimate of drug-likeness (QED) is 0.602. The normalized spacial score (nSPS) is 11.1. The molecule has 5 heteroatoms. The summed E-state index contributed by atoms with van der Waals surface area (Å²) in [6, 6.07) is 18.7. The molecule has 2 aromatic carbocycles. The van der Waals surface area contributed by atoms with Crippen LogP contribution >= 0.6 is 11.6 Å². The second-order valence-corrected chi connectivity index (χ2v) is 5.47. The molecular weight excluding hydrogens is 298 g/mol. The topological polar surface area (TPSA) is 42.2 Å². The van der Waals surface area contributed by atoms with E-state index in [1.54, 1.807) is 10.7 Å². The van der Waals surface area contributed by atoms with E-state index in [0.29, 0.717) is 5.02 Å². The number of fused-ring (bicyclic) bond motifs is 1. The van der Waals surface area contributed by atoms with Gasteiger partial charge in [0.15, 0.2) is 0 Å². The van der Waals surface area contributed by atoms with E-state index < -0.39 is 0 Å². The summed E-state index contributed by atoms with van der Waals surface area (Å²) in [6.07, 6.45) is 1.91. The Labute approximate surface area is 131 Å². The number of para-hydroxylation sites is 1. The fraction of sp³-hybridized carbons (Fsp3) is 0. The van der Waals surface area contributed by atoms with Crippen molar-refractivity contribution in [1.29, 1.82) is 0 Å². The zero-order chi connectivity index (χ0) is 15.1. The van der Waals surface area contributed by atoms with Crippen molar-refractivity contribution in [3.63, 3.8) is 0 Å². The average Bonchev–Trinajstić information content (AvgIpc) is 3.05. The summed E-state index contributed by atoms with van der Waals surface area (Å²) < 4.78 is 3.45. The van der Waals surface area contributed by atoms with Gasteiger partial charge in [0.2, 0.25) is 0 Å². The molecule has 1 N–H and O–H groups in total. The Morgan fingerprint density at radius 3 is 2.41 bits per heavy atom. The zero-order valence-corrected chi connectivity index (χ0v) is 12.3. The van der Waals surface area contributed by atoms with E-state index in [-0.39, 0.29) is 5.56 Å². The van der Waals surface area contributed by atoms with Crippen molar-refractivity contribution in [3.8, 4) is 16.9 Å². The van der Waals surface area contributed by atoms with Gasteiger partial charge in [-0.3, -0.25) is 4.79 Å². The van der Waals surface area contributed by atoms with Gasteiger partial charge in [0.25, 0.3) is 5.56 Å². The molecule has 2 heterocycles. The fourth-order valence-electron chi connectivity index (χ4n) is 2.57. The lowest BCUT2D eigenvalue weighted by atomic mass is 10.2. The first-order valence-corrected chi connectivity index (χ1v) is 7.25. The van der Waals surface area contributed by atoms with Gasteiger partial charge in [-0.1, -0.05) is 41.9 Å². The summed E-state index contributed by atoms with van der Waals surface area (Å²) in [4.78, 5) is 15.5. The molecule has 0 spiro atoms. The number of hydrogen-bond donors (Lipinski definition) is 1. The number of benzene rings is 2. The van der Waals surface area contributed by atoms with E-state index in [2.05, 4.69) is 4.98 Å². The number of rotatable bonds is 2. The van der Waals surface area contributed by atoms with E-state index in [4.69, 9.17) is 11.6 Å². The van der Waals surface area contributed by atoms with Crippen LogP contribution in [0.3, 0.4) is 0 Å². The van der Waals surface area contributed by atoms with Gasteiger partial charge >= 0.3 is 0 Å². The lowest BCUT2D eigenvalue weighted by Gasteiger charge is -2.03. The van der Waals surface area contributed by atoms with Crippen LogP contribution in [0.1, 0.15) is 0 Å². The Balaban J connectivity index is 1.91. The van der Waals surface area contributed by atoms with Crippen molar-refractivity contribution < 1.29 is 0 Å². The summed E-state index contributed by atoms with van der Waals surface area (Å²) in [5.74, 6) is 0. The second kappa shape index (κ2) is 4.93. The first-order chi connectivity index (χ1) is 10.7. The van der Waals surface area contributed by atoms with Gasteiger partial charge in [-0.25, -0.2) is 9.20 Å². The number of halogens is 1. The molecule has 0 unspecified atom stereocenters. The third kappa shape index (κ3) is 2.05. The minimum Gasteiger partial charge on any atom is -0.338 e. The lowest BCUT2D eigenvalue weighted by molar-refractivity contribution is 0.779. The van der Waals surface area contributed by atoms with Crippen LogP contribution in [0.2, 0.25) is 5.02 Å². The van der Waals surface area contributed by atoms with Crippen LogP contribution in [-0.2, 0) is 0 Å². The maximum atomic E-state index is 12.2. The second-order valence-electron chi connectivity index (χ2n) is 5.03. The smallest absolute Gasteiger partial charge is 0.273 e. The molecule has 0 amide bonds. The first-order valence-electron chi connectivity index (χ1n) is 6.87. The van der Waals surface area contributed by atoms with Gasteiger partial charge in [0.05, 0.1) is 17.6 Å². The van der Waals surface area contributed by atoms with Gasteiger partial charge in [0, 0.05) is 11.1 Å². The molecule has 108 valence electrons. The monoisotopic (exact) mass is 309 g/mol. The number of hydrogen-bond acceptors (Lipinski definition) is 1. The van der Waals surface area contributed by atoms with Crippen LogP contribution in [-0.4, -0.2) is 14.2 Å². The van der Waals surface area contributed by atoms with Gasteiger partial charge in [0.1, 0.15) is 5.65 Å².